The quantitative estimate of drug-likeness (QED) is 0.870. The van der Waals surface area contributed by atoms with Gasteiger partial charge in [0, 0.05) is 36.4 Å². The molecule has 1 atom stereocenters. The van der Waals surface area contributed by atoms with E-state index in [1.165, 1.54) is 6.07 Å². The van der Waals surface area contributed by atoms with Crippen molar-refractivity contribution < 1.29 is 4.39 Å². The number of anilines is 1. The summed E-state index contributed by atoms with van der Waals surface area (Å²) in [7, 11) is 2.04. The average molecular weight is 280 g/mol. The molecule has 1 unspecified atom stereocenters. The van der Waals surface area contributed by atoms with Crippen LogP contribution in [0, 0.1) is 11.7 Å². The summed E-state index contributed by atoms with van der Waals surface area (Å²) in [6.45, 7) is 13.4. The minimum absolute atomic E-state index is 0.0260. The van der Waals surface area contributed by atoms with E-state index >= 15 is 0 Å². The Bertz CT molecular complexity index is 435. The molecule has 1 aromatic rings. The summed E-state index contributed by atoms with van der Waals surface area (Å²) in [6.07, 6.45) is 0. The molecule has 0 aromatic heterocycles. The Morgan fingerprint density at radius 3 is 2.30 bits per heavy atom. The molecule has 0 saturated heterocycles. The molecule has 2 nitrogen and oxygen atoms in total. The van der Waals surface area contributed by atoms with Gasteiger partial charge >= 0.3 is 0 Å². The molecule has 0 spiro atoms. The first-order valence-electron chi connectivity index (χ1n) is 7.38. The van der Waals surface area contributed by atoms with Crippen molar-refractivity contribution in [1.29, 1.82) is 0 Å². The third-order valence-electron chi connectivity index (χ3n) is 3.85. The largest absolute Gasteiger partial charge is 0.371 e. The molecular weight excluding hydrogens is 251 g/mol. The van der Waals surface area contributed by atoms with Crippen LogP contribution in [-0.4, -0.2) is 18.6 Å². The highest BCUT2D eigenvalue weighted by molar-refractivity contribution is 5.54. The van der Waals surface area contributed by atoms with Gasteiger partial charge in [0.1, 0.15) is 5.82 Å². The normalized spacial score (nSPS) is 13.7. The zero-order valence-electron chi connectivity index (χ0n) is 13.9. The first kappa shape index (κ1) is 17.0. The van der Waals surface area contributed by atoms with Crippen molar-refractivity contribution in [3.05, 3.63) is 29.6 Å². The van der Waals surface area contributed by atoms with E-state index < -0.39 is 0 Å². The minimum Gasteiger partial charge on any atom is -0.371 e. The van der Waals surface area contributed by atoms with E-state index in [-0.39, 0.29) is 11.4 Å². The van der Waals surface area contributed by atoms with Crippen LogP contribution in [0.5, 0.6) is 0 Å². The van der Waals surface area contributed by atoms with Gasteiger partial charge < -0.3 is 10.2 Å². The highest BCUT2D eigenvalue weighted by atomic mass is 19.1. The van der Waals surface area contributed by atoms with E-state index in [4.69, 9.17) is 0 Å². The van der Waals surface area contributed by atoms with E-state index in [9.17, 15) is 4.39 Å². The molecule has 114 valence electrons. The van der Waals surface area contributed by atoms with Crippen molar-refractivity contribution in [3.8, 4) is 0 Å². The molecular formula is C17H29FN2. The Labute approximate surface area is 123 Å². The average Bonchev–Trinajstić information content (AvgIpc) is 2.34. The number of hydrogen-bond donors (Lipinski definition) is 1. The second kappa shape index (κ2) is 6.57. The highest BCUT2D eigenvalue weighted by Crippen LogP contribution is 2.26. The van der Waals surface area contributed by atoms with E-state index in [1.807, 2.05) is 13.1 Å². The second-order valence-electron chi connectivity index (χ2n) is 6.94. The fourth-order valence-electron chi connectivity index (χ4n) is 2.07. The lowest BCUT2D eigenvalue weighted by Gasteiger charge is -2.32. The van der Waals surface area contributed by atoms with Gasteiger partial charge in [-0.3, -0.25) is 0 Å². The van der Waals surface area contributed by atoms with Crippen LogP contribution >= 0.6 is 0 Å². The molecule has 0 aliphatic carbocycles. The molecule has 0 amide bonds. The summed E-state index contributed by atoms with van der Waals surface area (Å²) < 4.78 is 14.2. The second-order valence-corrected chi connectivity index (χ2v) is 6.94. The maximum absolute atomic E-state index is 14.2. The molecule has 20 heavy (non-hydrogen) atoms. The van der Waals surface area contributed by atoms with Crippen molar-refractivity contribution in [2.75, 3.05) is 11.9 Å². The van der Waals surface area contributed by atoms with Crippen molar-refractivity contribution in [1.82, 2.24) is 5.32 Å². The van der Waals surface area contributed by atoms with Gasteiger partial charge in [-0.1, -0.05) is 19.9 Å². The Morgan fingerprint density at radius 2 is 1.80 bits per heavy atom. The van der Waals surface area contributed by atoms with Gasteiger partial charge in [-0.2, -0.15) is 0 Å². The number of nitrogens with one attached hydrogen (secondary N) is 1. The molecule has 0 aliphatic heterocycles. The summed E-state index contributed by atoms with van der Waals surface area (Å²) in [5, 5.41) is 3.38. The van der Waals surface area contributed by atoms with Crippen LogP contribution in [0.2, 0.25) is 0 Å². The monoisotopic (exact) mass is 280 g/mol. The van der Waals surface area contributed by atoms with Gasteiger partial charge in [-0.25, -0.2) is 4.39 Å². The van der Waals surface area contributed by atoms with Gasteiger partial charge in [0.15, 0.2) is 0 Å². The minimum atomic E-state index is -0.137. The first-order chi connectivity index (χ1) is 9.13. The van der Waals surface area contributed by atoms with Gasteiger partial charge in [0.2, 0.25) is 0 Å². The van der Waals surface area contributed by atoms with Crippen LogP contribution in [0.25, 0.3) is 0 Å². The lowest BCUT2D eigenvalue weighted by atomic mass is 10.0. The van der Waals surface area contributed by atoms with Crippen LogP contribution in [0.15, 0.2) is 18.2 Å². The summed E-state index contributed by atoms with van der Waals surface area (Å²) in [5.41, 5.74) is 1.70. The number of halogens is 1. The van der Waals surface area contributed by atoms with Gasteiger partial charge in [0.05, 0.1) is 0 Å². The summed E-state index contributed by atoms with van der Waals surface area (Å²) in [4.78, 5) is 2.17. The van der Waals surface area contributed by atoms with Crippen LogP contribution in [-0.2, 0) is 6.54 Å². The standard InChI is InChI=1S/C17H29FN2/c1-12(2)13(3)20(7)16-10-8-9-15(18)14(16)11-19-17(4,5)6/h8-10,12-13,19H,11H2,1-7H3. The van der Waals surface area contributed by atoms with E-state index in [2.05, 4.69) is 51.8 Å². The van der Waals surface area contributed by atoms with Crippen LogP contribution in [0.3, 0.4) is 0 Å². The van der Waals surface area contributed by atoms with Crippen molar-refractivity contribution in [2.45, 2.75) is 59.7 Å². The lowest BCUT2D eigenvalue weighted by molar-refractivity contribution is 0.417. The molecule has 0 saturated carbocycles. The Kier molecular flexibility index (Phi) is 5.58. The maximum Gasteiger partial charge on any atom is 0.129 e. The predicted molar refractivity (Wildman–Crippen MR) is 85.7 cm³/mol. The SMILES string of the molecule is CC(C)C(C)N(C)c1cccc(F)c1CNC(C)(C)C. The lowest BCUT2D eigenvalue weighted by Crippen LogP contribution is -2.37. The number of benzene rings is 1. The van der Waals surface area contributed by atoms with Gasteiger partial charge in [0.25, 0.3) is 0 Å². The maximum atomic E-state index is 14.2. The smallest absolute Gasteiger partial charge is 0.129 e. The molecule has 3 heteroatoms. The first-order valence-corrected chi connectivity index (χ1v) is 7.38. The Morgan fingerprint density at radius 1 is 1.20 bits per heavy atom. The zero-order chi connectivity index (χ0) is 15.5. The third-order valence-corrected chi connectivity index (χ3v) is 3.85. The van der Waals surface area contributed by atoms with Gasteiger partial charge in [-0.05, 0) is 45.7 Å². The van der Waals surface area contributed by atoms with Crippen molar-refractivity contribution >= 4 is 5.69 Å². The number of hydrogen-bond acceptors (Lipinski definition) is 2. The molecule has 0 bridgehead atoms. The molecule has 0 heterocycles. The third kappa shape index (κ3) is 4.48. The van der Waals surface area contributed by atoms with Crippen LogP contribution < -0.4 is 10.2 Å². The van der Waals surface area contributed by atoms with Crippen LogP contribution in [0.4, 0.5) is 10.1 Å². The molecule has 0 fully saturated rings. The molecule has 0 radical (unpaired) electrons. The molecule has 1 N–H and O–H groups in total. The predicted octanol–water partition coefficient (Wildman–Crippen LogP) is 4.19. The molecule has 0 aliphatic rings. The van der Waals surface area contributed by atoms with E-state index in [1.54, 1.807) is 6.07 Å². The Balaban J connectivity index is 3.04. The van der Waals surface area contributed by atoms with Crippen LogP contribution in [0.1, 0.15) is 47.1 Å². The summed E-state index contributed by atoms with van der Waals surface area (Å²) in [6, 6.07) is 5.69. The topological polar surface area (TPSA) is 15.3 Å². The van der Waals surface area contributed by atoms with Gasteiger partial charge in [-0.15, -0.1) is 0 Å². The number of nitrogens with zero attached hydrogens (tertiary/aromatic N) is 1. The fraction of sp³-hybridized carbons (Fsp3) is 0.647. The van der Waals surface area contributed by atoms with Crippen molar-refractivity contribution in [2.24, 2.45) is 5.92 Å². The van der Waals surface area contributed by atoms with Crippen molar-refractivity contribution in [3.63, 3.8) is 0 Å². The highest BCUT2D eigenvalue weighted by Gasteiger charge is 2.19. The van der Waals surface area contributed by atoms with E-state index in [0.717, 1.165) is 11.3 Å². The summed E-state index contributed by atoms with van der Waals surface area (Å²) >= 11 is 0. The summed E-state index contributed by atoms with van der Waals surface area (Å²) in [5.74, 6) is 0.383. The number of rotatable bonds is 5. The van der Waals surface area contributed by atoms with E-state index in [0.29, 0.717) is 18.5 Å². The Hall–Kier alpha value is -1.09. The fourth-order valence-corrected chi connectivity index (χ4v) is 2.07. The zero-order valence-corrected chi connectivity index (χ0v) is 13.9. The molecule has 1 rings (SSSR count). The molecule has 1 aromatic carbocycles.